The van der Waals surface area contributed by atoms with Crippen molar-refractivity contribution in [3.05, 3.63) is 17.7 Å². The second-order valence-electron chi connectivity index (χ2n) is 5.22. The van der Waals surface area contributed by atoms with Crippen LogP contribution in [-0.4, -0.2) is 57.3 Å². The van der Waals surface area contributed by atoms with Crippen molar-refractivity contribution in [2.45, 2.75) is 12.5 Å². The highest BCUT2D eigenvalue weighted by atomic mass is 32.2. The molecule has 1 fully saturated rings. The van der Waals surface area contributed by atoms with Gasteiger partial charge in [-0.3, -0.25) is 4.79 Å². The summed E-state index contributed by atoms with van der Waals surface area (Å²) in [6.45, 7) is 0.895. The molecular weight excluding hydrogens is 332 g/mol. The van der Waals surface area contributed by atoms with E-state index in [2.05, 4.69) is 10.6 Å². The van der Waals surface area contributed by atoms with E-state index in [1.165, 1.54) is 27.4 Å². The van der Waals surface area contributed by atoms with Gasteiger partial charge in [-0.2, -0.15) is 11.8 Å². The Kier molecular flexibility index (Phi) is 6.74. The van der Waals surface area contributed by atoms with Crippen molar-refractivity contribution in [1.29, 1.82) is 0 Å². The van der Waals surface area contributed by atoms with Crippen molar-refractivity contribution in [1.82, 2.24) is 5.32 Å². The number of amides is 1. The van der Waals surface area contributed by atoms with Crippen molar-refractivity contribution < 1.29 is 23.8 Å². The highest BCUT2D eigenvalue weighted by Crippen LogP contribution is 2.33. The third-order valence-electron chi connectivity index (χ3n) is 3.63. The van der Waals surface area contributed by atoms with Crippen molar-refractivity contribution in [3.8, 4) is 11.5 Å². The van der Waals surface area contributed by atoms with E-state index in [9.17, 15) is 9.59 Å². The maximum atomic E-state index is 12.3. The van der Waals surface area contributed by atoms with Gasteiger partial charge in [-0.1, -0.05) is 0 Å². The van der Waals surface area contributed by atoms with Crippen LogP contribution in [0.25, 0.3) is 0 Å². The number of hydrogen-bond acceptors (Lipinski definition) is 7. The first-order valence-electron chi connectivity index (χ1n) is 7.54. The van der Waals surface area contributed by atoms with Crippen molar-refractivity contribution in [2.75, 3.05) is 44.7 Å². The average molecular weight is 354 g/mol. The van der Waals surface area contributed by atoms with Gasteiger partial charge >= 0.3 is 5.97 Å². The molecule has 1 heterocycles. The van der Waals surface area contributed by atoms with Crippen LogP contribution in [0.1, 0.15) is 16.8 Å². The van der Waals surface area contributed by atoms with Crippen LogP contribution >= 0.6 is 11.8 Å². The minimum atomic E-state index is -0.558. The molecular formula is C16H22N2O5S. The van der Waals surface area contributed by atoms with Gasteiger partial charge in [-0.05, 0) is 0 Å². The van der Waals surface area contributed by atoms with Crippen LogP contribution in [-0.2, 0) is 9.53 Å². The number of carbonyl (C=O) groups is 2. The molecule has 1 aliphatic heterocycles. The summed E-state index contributed by atoms with van der Waals surface area (Å²) in [5, 5.41) is 6.08. The van der Waals surface area contributed by atoms with E-state index in [0.29, 0.717) is 23.6 Å². The van der Waals surface area contributed by atoms with E-state index in [1.807, 2.05) is 11.8 Å². The Morgan fingerprint density at radius 3 is 2.54 bits per heavy atom. The molecule has 0 saturated carbocycles. The molecule has 0 radical (unpaired) electrons. The van der Waals surface area contributed by atoms with E-state index in [-0.39, 0.29) is 17.5 Å². The molecule has 1 atom stereocenters. The number of benzene rings is 1. The van der Waals surface area contributed by atoms with Gasteiger partial charge in [0.2, 0.25) is 5.91 Å². The number of anilines is 1. The number of thioether (sulfide) groups is 1. The second kappa shape index (κ2) is 8.79. The minimum Gasteiger partial charge on any atom is -0.493 e. The SMILES string of the molecule is COC(=O)c1cc(OC)c(OC)cc1NC(=O)CC1CSCCN1. The first kappa shape index (κ1) is 18.4. The fourth-order valence-electron chi connectivity index (χ4n) is 2.44. The van der Waals surface area contributed by atoms with E-state index in [4.69, 9.17) is 14.2 Å². The summed E-state index contributed by atoms with van der Waals surface area (Å²) in [6.07, 6.45) is 0.335. The fourth-order valence-corrected chi connectivity index (χ4v) is 3.39. The zero-order valence-corrected chi connectivity index (χ0v) is 14.8. The van der Waals surface area contributed by atoms with Crippen LogP contribution in [0.4, 0.5) is 5.69 Å². The lowest BCUT2D eigenvalue weighted by Gasteiger charge is -2.22. The molecule has 2 rings (SSSR count). The Labute approximate surface area is 145 Å². The van der Waals surface area contributed by atoms with Crippen LogP contribution < -0.4 is 20.1 Å². The second-order valence-corrected chi connectivity index (χ2v) is 6.37. The van der Waals surface area contributed by atoms with Gasteiger partial charge in [-0.25, -0.2) is 4.79 Å². The molecule has 1 aromatic rings. The zero-order chi connectivity index (χ0) is 17.5. The summed E-state index contributed by atoms with van der Waals surface area (Å²) in [5.41, 5.74) is 0.558. The quantitative estimate of drug-likeness (QED) is 0.749. The maximum absolute atomic E-state index is 12.3. The molecule has 0 aromatic heterocycles. The molecule has 132 valence electrons. The standard InChI is InChI=1S/C16H22N2O5S/c1-21-13-7-11(16(20)23-3)12(8-14(13)22-2)18-15(19)6-10-9-24-5-4-17-10/h7-8,10,17H,4-6,9H2,1-3H3,(H,18,19). The highest BCUT2D eigenvalue weighted by Gasteiger charge is 2.21. The third kappa shape index (κ3) is 4.55. The van der Waals surface area contributed by atoms with E-state index in [0.717, 1.165) is 18.1 Å². The Balaban J connectivity index is 2.19. The molecule has 2 N–H and O–H groups in total. The number of carbonyl (C=O) groups excluding carboxylic acids is 2. The van der Waals surface area contributed by atoms with Crippen molar-refractivity contribution in [2.24, 2.45) is 0 Å². The molecule has 7 nitrogen and oxygen atoms in total. The topological polar surface area (TPSA) is 85.9 Å². The molecule has 1 amide bonds. The average Bonchev–Trinajstić information content (AvgIpc) is 2.61. The Bertz CT molecular complexity index is 602. The van der Waals surface area contributed by atoms with Crippen molar-refractivity contribution in [3.63, 3.8) is 0 Å². The van der Waals surface area contributed by atoms with Crippen LogP contribution in [0.2, 0.25) is 0 Å². The largest absolute Gasteiger partial charge is 0.493 e. The van der Waals surface area contributed by atoms with Gasteiger partial charge in [-0.15, -0.1) is 0 Å². The summed E-state index contributed by atoms with van der Waals surface area (Å²) < 4.78 is 15.2. The molecule has 24 heavy (non-hydrogen) atoms. The normalized spacial score (nSPS) is 17.0. The summed E-state index contributed by atoms with van der Waals surface area (Å²) in [5.74, 6) is 2.03. The summed E-state index contributed by atoms with van der Waals surface area (Å²) in [6, 6.07) is 3.19. The van der Waals surface area contributed by atoms with E-state index < -0.39 is 5.97 Å². The van der Waals surface area contributed by atoms with E-state index >= 15 is 0 Å². The molecule has 1 unspecified atom stereocenters. The first-order valence-corrected chi connectivity index (χ1v) is 8.69. The Morgan fingerprint density at radius 1 is 1.25 bits per heavy atom. The van der Waals surface area contributed by atoms with Crippen LogP contribution in [0, 0.1) is 0 Å². The first-order chi connectivity index (χ1) is 11.6. The zero-order valence-electron chi connectivity index (χ0n) is 14.0. The van der Waals surface area contributed by atoms with Gasteiger partial charge in [0.1, 0.15) is 0 Å². The predicted octanol–water partition coefficient (Wildman–Crippen LogP) is 1.52. The minimum absolute atomic E-state index is 0.130. The lowest BCUT2D eigenvalue weighted by atomic mass is 10.1. The summed E-state index contributed by atoms with van der Waals surface area (Å²) in [7, 11) is 4.25. The van der Waals surface area contributed by atoms with Crippen LogP contribution in [0.15, 0.2) is 12.1 Å². The van der Waals surface area contributed by atoms with Crippen LogP contribution in [0.5, 0.6) is 11.5 Å². The number of rotatable bonds is 6. The predicted molar refractivity (Wildman–Crippen MR) is 93.2 cm³/mol. The molecule has 1 aromatic carbocycles. The Hall–Kier alpha value is -1.93. The number of nitrogens with one attached hydrogen (secondary N) is 2. The van der Waals surface area contributed by atoms with Gasteiger partial charge in [0.05, 0.1) is 32.6 Å². The maximum Gasteiger partial charge on any atom is 0.340 e. The molecule has 0 bridgehead atoms. The van der Waals surface area contributed by atoms with Gasteiger partial charge in [0.15, 0.2) is 11.5 Å². The third-order valence-corrected chi connectivity index (χ3v) is 4.76. The van der Waals surface area contributed by atoms with Gasteiger partial charge < -0.3 is 24.8 Å². The van der Waals surface area contributed by atoms with Gasteiger partial charge in [0, 0.05) is 42.6 Å². The lowest BCUT2D eigenvalue weighted by Crippen LogP contribution is -2.40. The number of methoxy groups -OCH3 is 3. The molecule has 1 saturated heterocycles. The molecule has 0 spiro atoms. The fraction of sp³-hybridized carbons (Fsp3) is 0.500. The molecule has 0 aliphatic carbocycles. The van der Waals surface area contributed by atoms with E-state index in [1.54, 1.807) is 6.07 Å². The Morgan fingerprint density at radius 2 is 1.96 bits per heavy atom. The number of ether oxygens (including phenoxy) is 3. The smallest absolute Gasteiger partial charge is 0.340 e. The number of esters is 1. The summed E-state index contributed by atoms with van der Waals surface area (Å²) >= 11 is 1.82. The monoisotopic (exact) mass is 354 g/mol. The summed E-state index contributed by atoms with van der Waals surface area (Å²) in [4.78, 5) is 24.3. The van der Waals surface area contributed by atoms with Gasteiger partial charge in [0.25, 0.3) is 0 Å². The highest BCUT2D eigenvalue weighted by molar-refractivity contribution is 7.99. The van der Waals surface area contributed by atoms with Crippen LogP contribution in [0.3, 0.4) is 0 Å². The molecule has 8 heteroatoms. The van der Waals surface area contributed by atoms with Crippen molar-refractivity contribution >= 4 is 29.3 Å². The molecule has 1 aliphatic rings. The lowest BCUT2D eigenvalue weighted by molar-refractivity contribution is -0.116. The number of hydrogen-bond donors (Lipinski definition) is 2.